The van der Waals surface area contributed by atoms with Gasteiger partial charge in [-0.2, -0.15) is 4.31 Å². The van der Waals surface area contributed by atoms with E-state index < -0.39 is 22.0 Å². The van der Waals surface area contributed by atoms with Crippen LogP contribution >= 0.6 is 11.6 Å². The third-order valence-corrected chi connectivity index (χ3v) is 8.46. The van der Waals surface area contributed by atoms with Gasteiger partial charge >= 0.3 is 0 Å². The first-order valence-electron chi connectivity index (χ1n) is 13.3. The van der Waals surface area contributed by atoms with E-state index >= 15 is 0 Å². The fourth-order valence-corrected chi connectivity index (χ4v) is 5.53. The molecule has 12 heteroatoms. The quantitative estimate of drug-likeness (QED) is 0.334. The van der Waals surface area contributed by atoms with Crippen molar-refractivity contribution in [2.45, 2.75) is 50.8 Å². The van der Waals surface area contributed by atoms with Crippen LogP contribution in [0.4, 0.5) is 0 Å². The Hall–Kier alpha value is -2.70. The number of amides is 2. The zero-order valence-electron chi connectivity index (χ0n) is 23.2. The molecule has 1 fully saturated rings. The molecule has 1 N–H and O–H groups in total. The molecule has 1 aliphatic rings. The van der Waals surface area contributed by atoms with Gasteiger partial charge in [0.1, 0.15) is 11.8 Å². The summed E-state index contributed by atoms with van der Waals surface area (Å²) < 4.78 is 43.5. The van der Waals surface area contributed by atoms with E-state index in [2.05, 4.69) is 5.32 Å². The molecule has 0 radical (unpaired) electrons. The number of halogens is 1. The summed E-state index contributed by atoms with van der Waals surface area (Å²) in [5.41, 5.74) is 0.806. The van der Waals surface area contributed by atoms with Gasteiger partial charge in [0.15, 0.2) is 6.61 Å². The molecule has 10 nitrogen and oxygen atoms in total. The molecule has 2 amide bonds. The van der Waals surface area contributed by atoms with Crippen LogP contribution in [0.1, 0.15) is 32.8 Å². The summed E-state index contributed by atoms with van der Waals surface area (Å²) in [5.74, 6) is -0.349. The van der Waals surface area contributed by atoms with Crippen LogP contribution in [0, 0.1) is 0 Å². The van der Waals surface area contributed by atoms with Crippen LogP contribution < -0.4 is 10.1 Å². The predicted molar refractivity (Wildman–Crippen MR) is 152 cm³/mol. The summed E-state index contributed by atoms with van der Waals surface area (Å²) in [7, 11) is -3.64. The van der Waals surface area contributed by atoms with Gasteiger partial charge in [0, 0.05) is 37.8 Å². The van der Waals surface area contributed by atoms with E-state index in [-0.39, 0.29) is 30.1 Å². The molecule has 0 aliphatic carbocycles. The molecular weight excluding hydrogens is 558 g/mol. The fraction of sp³-hybridized carbons (Fsp3) is 0.500. The Kier molecular flexibility index (Phi) is 12.2. The van der Waals surface area contributed by atoms with E-state index in [9.17, 15) is 18.0 Å². The molecule has 0 saturated carbocycles. The Balaban J connectivity index is 1.63. The highest BCUT2D eigenvalue weighted by Gasteiger charge is 2.28. The van der Waals surface area contributed by atoms with E-state index in [1.165, 1.54) is 33.5 Å². The summed E-state index contributed by atoms with van der Waals surface area (Å²) in [5, 5.41) is 3.43. The van der Waals surface area contributed by atoms with Gasteiger partial charge in [0.25, 0.3) is 5.91 Å². The standard InChI is InChI=1S/C28H38ClN3O7S/c1-21(2)38-16-4-13-30-28(34)22(3)32(19-23-5-7-24(29)8-6-23)27(33)20-39-25-9-11-26(12-10-25)40(35,36)31-14-17-37-18-15-31/h5-12,21-22H,4,13-20H2,1-3H3,(H,30,34)/t22-/m0/s1. The Morgan fingerprint density at radius 2 is 1.70 bits per heavy atom. The van der Waals surface area contributed by atoms with Gasteiger partial charge in [0.05, 0.1) is 24.2 Å². The number of hydrogen-bond donors (Lipinski definition) is 1. The number of benzene rings is 2. The monoisotopic (exact) mass is 595 g/mol. The molecule has 0 spiro atoms. The molecule has 0 unspecified atom stereocenters. The van der Waals surface area contributed by atoms with Crippen molar-refractivity contribution in [1.29, 1.82) is 0 Å². The molecule has 3 rings (SSSR count). The summed E-state index contributed by atoms with van der Waals surface area (Å²) >= 11 is 6.01. The Bertz CT molecular complexity index is 1200. The van der Waals surface area contributed by atoms with Crippen LogP contribution in [-0.4, -0.2) is 87.6 Å². The fourth-order valence-electron chi connectivity index (χ4n) is 3.99. The third-order valence-electron chi connectivity index (χ3n) is 6.30. The van der Waals surface area contributed by atoms with E-state index in [0.717, 1.165) is 5.56 Å². The maximum atomic E-state index is 13.3. The largest absolute Gasteiger partial charge is 0.484 e. The van der Waals surface area contributed by atoms with Crippen LogP contribution in [0.3, 0.4) is 0 Å². The number of carbonyl (C=O) groups excluding carboxylic acids is 2. The molecule has 1 atom stereocenters. The predicted octanol–water partition coefficient (Wildman–Crippen LogP) is 3.09. The summed E-state index contributed by atoms with van der Waals surface area (Å²) in [6.45, 7) is 7.69. The maximum absolute atomic E-state index is 13.3. The number of ether oxygens (including phenoxy) is 3. The number of morpholine rings is 1. The highest BCUT2D eigenvalue weighted by atomic mass is 35.5. The Morgan fingerprint density at radius 1 is 1.05 bits per heavy atom. The van der Waals surface area contributed by atoms with Crippen LogP contribution in [0.15, 0.2) is 53.4 Å². The minimum absolute atomic E-state index is 0.118. The third kappa shape index (κ3) is 9.45. The molecular formula is C28H38ClN3O7S. The lowest BCUT2D eigenvalue weighted by Gasteiger charge is -2.29. The molecule has 1 saturated heterocycles. The maximum Gasteiger partial charge on any atom is 0.261 e. The van der Waals surface area contributed by atoms with Crippen molar-refractivity contribution in [2.75, 3.05) is 46.1 Å². The van der Waals surface area contributed by atoms with Crippen molar-refractivity contribution < 1.29 is 32.2 Å². The average molecular weight is 596 g/mol. The minimum Gasteiger partial charge on any atom is -0.484 e. The molecule has 220 valence electrons. The second-order valence-corrected chi connectivity index (χ2v) is 12.0. The zero-order valence-corrected chi connectivity index (χ0v) is 24.7. The van der Waals surface area contributed by atoms with Crippen molar-refractivity contribution in [1.82, 2.24) is 14.5 Å². The van der Waals surface area contributed by atoms with Crippen LogP contribution in [0.2, 0.25) is 5.02 Å². The van der Waals surface area contributed by atoms with E-state index in [1.54, 1.807) is 31.2 Å². The van der Waals surface area contributed by atoms with Gasteiger partial charge in [-0.15, -0.1) is 0 Å². The molecule has 0 bridgehead atoms. The first-order chi connectivity index (χ1) is 19.1. The minimum atomic E-state index is -3.64. The topological polar surface area (TPSA) is 114 Å². The first kappa shape index (κ1) is 31.8. The van der Waals surface area contributed by atoms with Gasteiger partial charge in [-0.1, -0.05) is 23.7 Å². The van der Waals surface area contributed by atoms with Crippen LogP contribution in [-0.2, 0) is 35.6 Å². The lowest BCUT2D eigenvalue weighted by atomic mass is 10.1. The van der Waals surface area contributed by atoms with E-state index in [0.29, 0.717) is 56.6 Å². The zero-order chi connectivity index (χ0) is 29.1. The van der Waals surface area contributed by atoms with E-state index in [1.807, 2.05) is 13.8 Å². The van der Waals surface area contributed by atoms with Crippen LogP contribution in [0.5, 0.6) is 5.75 Å². The normalized spacial score (nSPS) is 15.0. The number of nitrogens with one attached hydrogen (secondary N) is 1. The lowest BCUT2D eigenvalue weighted by molar-refractivity contribution is -0.142. The van der Waals surface area contributed by atoms with Crippen LogP contribution in [0.25, 0.3) is 0 Å². The molecule has 0 aromatic heterocycles. The van der Waals surface area contributed by atoms with Crippen molar-refractivity contribution in [3.63, 3.8) is 0 Å². The second-order valence-electron chi connectivity index (χ2n) is 9.66. The second kappa shape index (κ2) is 15.3. The molecule has 2 aromatic carbocycles. The summed E-state index contributed by atoms with van der Waals surface area (Å²) in [4.78, 5) is 27.8. The highest BCUT2D eigenvalue weighted by Crippen LogP contribution is 2.21. The highest BCUT2D eigenvalue weighted by molar-refractivity contribution is 7.89. The first-order valence-corrected chi connectivity index (χ1v) is 15.1. The lowest BCUT2D eigenvalue weighted by Crippen LogP contribution is -2.49. The number of rotatable bonds is 14. The Morgan fingerprint density at radius 3 is 2.33 bits per heavy atom. The average Bonchev–Trinajstić information content (AvgIpc) is 2.95. The van der Waals surface area contributed by atoms with Crippen molar-refractivity contribution in [3.8, 4) is 5.75 Å². The molecule has 1 aliphatic heterocycles. The van der Waals surface area contributed by atoms with E-state index in [4.69, 9.17) is 25.8 Å². The number of nitrogens with zero attached hydrogens (tertiary/aromatic N) is 2. The van der Waals surface area contributed by atoms with Gasteiger partial charge in [-0.05, 0) is 69.2 Å². The van der Waals surface area contributed by atoms with Crippen molar-refractivity contribution >= 4 is 33.4 Å². The van der Waals surface area contributed by atoms with Crippen molar-refractivity contribution in [2.24, 2.45) is 0 Å². The number of carbonyl (C=O) groups is 2. The molecule has 2 aromatic rings. The number of hydrogen-bond acceptors (Lipinski definition) is 7. The molecule has 1 heterocycles. The van der Waals surface area contributed by atoms with Gasteiger partial charge in [-0.3, -0.25) is 9.59 Å². The smallest absolute Gasteiger partial charge is 0.261 e. The van der Waals surface area contributed by atoms with Gasteiger partial charge in [-0.25, -0.2) is 8.42 Å². The molecule has 40 heavy (non-hydrogen) atoms. The van der Waals surface area contributed by atoms with Crippen molar-refractivity contribution in [3.05, 3.63) is 59.1 Å². The van der Waals surface area contributed by atoms with Gasteiger partial charge in [0.2, 0.25) is 15.9 Å². The Labute approximate surface area is 241 Å². The number of sulfonamides is 1. The summed E-state index contributed by atoms with van der Waals surface area (Å²) in [6.07, 6.45) is 0.773. The SMILES string of the molecule is CC(C)OCCCNC(=O)[C@H](C)N(Cc1ccc(Cl)cc1)C(=O)COc1ccc(S(=O)(=O)N2CCOCC2)cc1. The summed E-state index contributed by atoms with van der Waals surface area (Å²) in [6, 6.07) is 12.2. The van der Waals surface area contributed by atoms with Gasteiger partial charge < -0.3 is 24.4 Å².